The number of hydrogen-bond donors (Lipinski definition) is 5. The number of Topliss-reactive ketones (excluding diaryl/α,β-unsaturated/α-hetero) is 2. The van der Waals surface area contributed by atoms with Gasteiger partial charge in [-0.25, -0.2) is 0 Å². The standard InChI is InChI=1S/C32H43N5O7/c1-34(2)20-7-8-21(38)22-18(20)13-31(16-37-11-9-36(10-12-37)15-17-5-6-17)14-19-25(35(3)4)27(40)23(30(33)43)28(41)32(19,44)29(42)24(31)26(22)39/h7-8,17,19,25,38-39,41,44H,5-6,9-16H2,1-4H3,(H2,33,43)/t19-,25-,31-,32+/m0/s1. The lowest BCUT2D eigenvalue weighted by Crippen LogP contribution is -2.68. The van der Waals surface area contributed by atoms with Crippen LogP contribution in [0.1, 0.15) is 30.4 Å². The summed E-state index contributed by atoms with van der Waals surface area (Å²) in [7, 11) is 6.94. The SMILES string of the molecule is CN(C)c1ccc(O)c2c1C[C@@]1(CN3CCN(CC4CC4)CC3)C[C@H]3[C@H](N(C)C)C(=O)C(C(N)=O)=C(O)[C@@]3(O)C(=O)C1=C2O. The minimum absolute atomic E-state index is 0.0452. The predicted molar refractivity (Wildman–Crippen MR) is 163 cm³/mol. The van der Waals surface area contributed by atoms with Crippen molar-refractivity contribution in [2.45, 2.75) is 37.3 Å². The molecule has 12 heteroatoms. The molecule has 1 aromatic rings. The zero-order valence-electron chi connectivity index (χ0n) is 25.8. The van der Waals surface area contributed by atoms with E-state index >= 15 is 0 Å². The number of carbonyl (C=O) groups excluding carboxylic acids is 3. The second-order valence-corrected chi connectivity index (χ2v) is 13.8. The van der Waals surface area contributed by atoms with Gasteiger partial charge >= 0.3 is 0 Å². The molecule has 1 heterocycles. The van der Waals surface area contributed by atoms with Gasteiger partial charge in [-0.15, -0.1) is 0 Å². The molecular formula is C32H43N5O7. The van der Waals surface area contributed by atoms with Crippen molar-refractivity contribution in [2.75, 3.05) is 72.4 Å². The Morgan fingerprint density at radius 1 is 1.02 bits per heavy atom. The molecule has 4 aliphatic carbocycles. The molecule has 6 rings (SSSR count). The highest BCUT2D eigenvalue weighted by atomic mass is 16.3. The number of ketones is 2. The number of phenols is 1. The number of primary amides is 1. The normalized spacial score (nSPS) is 31.2. The van der Waals surface area contributed by atoms with E-state index in [-0.39, 0.29) is 29.7 Å². The van der Waals surface area contributed by atoms with Crippen molar-refractivity contribution >= 4 is 28.9 Å². The molecule has 0 bridgehead atoms. The van der Waals surface area contributed by atoms with Crippen LogP contribution in [0, 0.1) is 17.3 Å². The van der Waals surface area contributed by atoms with Crippen LogP contribution in [0.4, 0.5) is 5.69 Å². The summed E-state index contributed by atoms with van der Waals surface area (Å²) in [5.41, 5.74) is 2.31. The van der Waals surface area contributed by atoms with Gasteiger partial charge in [0.05, 0.1) is 11.6 Å². The summed E-state index contributed by atoms with van der Waals surface area (Å²) in [4.78, 5) is 48.9. The van der Waals surface area contributed by atoms with Gasteiger partial charge in [-0.3, -0.25) is 24.2 Å². The van der Waals surface area contributed by atoms with Gasteiger partial charge in [0, 0.05) is 76.0 Å². The van der Waals surface area contributed by atoms with Crippen molar-refractivity contribution in [1.29, 1.82) is 0 Å². The number of piperazine rings is 1. The quantitative estimate of drug-likeness (QED) is 0.272. The summed E-state index contributed by atoms with van der Waals surface area (Å²) in [6.45, 7) is 4.65. The van der Waals surface area contributed by atoms with Crippen molar-refractivity contribution in [1.82, 2.24) is 14.7 Å². The number of aromatic hydroxyl groups is 1. The third kappa shape index (κ3) is 4.53. The fourth-order valence-corrected chi connectivity index (χ4v) is 8.26. The molecule has 4 atom stereocenters. The number of aliphatic hydroxyl groups is 3. The highest BCUT2D eigenvalue weighted by molar-refractivity contribution is 6.24. The van der Waals surface area contributed by atoms with Gasteiger partial charge in [-0.05, 0) is 63.4 Å². The first-order valence-electron chi connectivity index (χ1n) is 15.3. The second kappa shape index (κ2) is 10.6. The average Bonchev–Trinajstić information content (AvgIpc) is 3.75. The fraction of sp³-hybridized carbons (Fsp3) is 0.594. The van der Waals surface area contributed by atoms with Crippen LogP contribution in [0.5, 0.6) is 5.75 Å². The zero-order chi connectivity index (χ0) is 31.9. The molecule has 1 aliphatic heterocycles. The van der Waals surface area contributed by atoms with Crippen LogP contribution >= 0.6 is 0 Å². The number of hydrogen-bond acceptors (Lipinski definition) is 11. The van der Waals surface area contributed by atoms with Gasteiger partial charge in [-0.2, -0.15) is 0 Å². The van der Waals surface area contributed by atoms with E-state index in [1.165, 1.54) is 23.8 Å². The van der Waals surface area contributed by atoms with Gasteiger partial charge in [-0.1, -0.05) is 0 Å². The lowest BCUT2D eigenvalue weighted by molar-refractivity contribution is -0.158. The molecule has 6 N–H and O–H groups in total. The lowest BCUT2D eigenvalue weighted by atomic mass is 9.51. The maximum Gasteiger partial charge on any atom is 0.255 e. The smallest absolute Gasteiger partial charge is 0.255 e. The third-order valence-electron chi connectivity index (χ3n) is 10.5. The van der Waals surface area contributed by atoms with Crippen LogP contribution in [0.2, 0.25) is 0 Å². The Kier molecular flexibility index (Phi) is 7.35. The number of nitrogens with two attached hydrogens (primary N) is 1. The van der Waals surface area contributed by atoms with Gasteiger partial charge in [0.25, 0.3) is 5.91 Å². The van der Waals surface area contributed by atoms with E-state index in [0.29, 0.717) is 12.1 Å². The Hall–Kier alpha value is -3.45. The number of nitrogens with zero attached hydrogens (tertiary/aromatic N) is 4. The number of aliphatic hydroxyl groups excluding tert-OH is 2. The summed E-state index contributed by atoms with van der Waals surface area (Å²) < 4.78 is 0. The molecule has 3 fully saturated rings. The number of amides is 1. The van der Waals surface area contributed by atoms with Crippen molar-refractivity contribution in [3.63, 3.8) is 0 Å². The minimum Gasteiger partial charge on any atom is -0.508 e. The van der Waals surface area contributed by atoms with Crippen LogP contribution in [-0.2, 0) is 20.8 Å². The zero-order valence-corrected chi connectivity index (χ0v) is 25.8. The van der Waals surface area contributed by atoms with E-state index < -0.39 is 57.5 Å². The second-order valence-electron chi connectivity index (χ2n) is 13.8. The molecule has 0 spiro atoms. The van der Waals surface area contributed by atoms with Gasteiger partial charge < -0.3 is 36.0 Å². The van der Waals surface area contributed by atoms with Crippen LogP contribution < -0.4 is 10.6 Å². The Morgan fingerprint density at radius 2 is 1.66 bits per heavy atom. The van der Waals surface area contributed by atoms with E-state index in [4.69, 9.17) is 5.73 Å². The molecule has 1 aromatic carbocycles. The summed E-state index contributed by atoms with van der Waals surface area (Å²) >= 11 is 0. The molecule has 0 radical (unpaired) electrons. The highest BCUT2D eigenvalue weighted by Crippen LogP contribution is 2.59. The first kappa shape index (κ1) is 30.6. The molecule has 0 aromatic heterocycles. The molecule has 238 valence electrons. The lowest BCUT2D eigenvalue weighted by Gasteiger charge is -2.56. The topological polar surface area (TPSA) is 171 Å². The molecular weight excluding hydrogens is 566 g/mol. The average molecular weight is 610 g/mol. The Morgan fingerprint density at radius 3 is 2.23 bits per heavy atom. The van der Waals surface area contributed by atoms with E-state index in [1.54, 1.807) is 20.2 Å². The van der Waals surface area contributed by atoms with Crippen LogP contribution in [-0.4, -0.2) is 132 Å². The van der Waals surface area contributed by atoms with E-state index in [2.05, 4.69) is 9.80 Å². The number of likely N-dealkylation sites (N-methyl/N-ethyl adjacent to an activating group) is 1. The van der Waals surface area contributed by atoms with Gasteiger partial charge in [0.15, 0.2) is 11.4 Å². The molecule has 2 saturated carbocycles. The summed E-state index contributed by atoms with van der Waals surface area (Å²) in [5, 5.41) is 46.3. The maximum absolute atomic E-state index is 14.7. The predicted octanol–water partition coefficient (Wildman–Crippen LogP) is 0.428. The minimum atomic E-state index is -2.69. The van der Waals surface area contributed by atoms with Gasteiger partial charge in [0.1, 0.15) is 22.8 Å². The number of benzene rings is 1. The van der Waals surface area contributed by atoms with E-state index in [1.807, 2.05) is 19.0 Å². The third-order valence-corrected chi connectivity index (χ3v) is 10.5. The summed E-state index contributed by atoms with van der Waals surface area (Å²) in [6.07, 6.45) is 2.83. The molecule has 1 saturated heterocycles. The Balaban J connectivity index is 1.52. The number of carbonyl (C=O) groups is 3. The molecule has 44 heavy (non-hydrogen) atoms. The van der Waals surface area contributed by atoms with Crippen LogP contribution in [0.15, 0.2) is 29.0 Å². The molecule has 5 aliphatic rings. The summed E-state index contributed by atoms with van der Waals surface area (Å²) in [6, 6.07) is 2.07. The number of anilines is 1. The number of fused-ring (bicyclic) bond motifs is 3. The van der Waals surface area contributed by atoms with Crippen molar-refractivity contribution < 1.29 is 34.8 Å². The van der Waals surface area contributed by atoms with Crippen molar-refractivity contribution in [2.24, 2.45) is 23.0 Å². The molecule has 1 amide bonds. The molecule has 0 unspecified atom stereocenters. The van der Waals surface area contributed by atoms with Crippen LogP contribution in [0.3, 0.4) is 0 Å². The first-order chi connectivity index (χ1) is 20.7. The van der Waals surface area contributed by atoms with Gasteiger partial charge in [0.2, 0.25) is 5.78 Å². The van der Waals surface area contributed by atoms with E-state index in [9.17, 15) is 34.8 Å². The molecule has 12 nitrogen and oxygen atoms in total. The summed E-state index contributed by atoms with van der Waals surface area (Å²) in [5.74, 6) is -5.14. The first-order valence-corrected chi connectivity index (χ1v) is 15.3. The number of phenolic OH excluding ortho intramolecular Hbond substituents is 1. The Bertz CT molecular complexity index is 1490. The fourth-order valence-electron chi connectivity index (χ4n) is 8.26. The Labute approximate surface area is 257 Å². The largest absolute Gasteiger partial charge is 0.508 e. The monoisotopic (exact) mass is 609 g/mol. The van der Waals surface area contributed by atoms with Crippen LogP contribution in [0.25, 0.3) is 5.76 Å². The maximum atomic E-state index is 14.7. The number of rotatable bonds is 7. The highest BCUT2D eigenvalue weighted by Gasteiger charge is 2.68. The van der Waals surface area contributed by atoms with E-state index in [0.717, 1.165) is 44.3 Å². The van der Waals surface area contributed by atoms with Crippen molar-refractivity contribution in [3.05, 3.63) is 40.2 Å². The van der Waals surface area contributed by atoms with Crippen molar-refractivity contribution in [3.8, 4) is 5.75 Å².